The summed E-state index contributed by atoms with van der Waals surface area (Å²) >= 11 is 5.17. The molecule has 1 aromatic heterocycles. The van der Waals surface area contributed by atoms with Crippen LogP contribution in [0, 0.1) is 0 Å². The minimum Gasteiger partial charge on any atom is -0.488 e. The number of ether oxygens (including phenoxy) is 1. The van der Waals surface area contributed by atoms with E-state index in [-0.39, 0.29) is 6.04 Å². The van der Waals surface area contributed by atoms with Crippen molar-refractivity contribution in [2.45, 2.75) is 31.9 Å². The zero-order valence-corrected chi connectivity index (χ0v) is 13.0. The zero-order valence-electron chi connectivity index (χ0n) is 10.6. The van der Waals surface area contributed by atoms with Gasteiger partial charge in [0.2, 0.25) is 0 Å². The van der Waals surface area contributed by atoms with E-state index in [4.69, 9.17) is 10.5 Å². The highest BCUT2D eigenvalue weighted by Gasteiger charge is 2.19. The average molecular weight is 338 g/mol. The van der Waals surface area contributed by atoms with Crippen LogP contribution in [0.3, 0.4) is 0 Å². The number of benzene rings is 1. The molecule has 0 fully saturated rings. The summed E-state index contributed by atoms with van der Waals surface area (Å²) in [5.41, 5.74) is 8.73. The molecule has 2 aromatic rings. The summed E-state index contributed by atoms with van der Waals surface area (Å²) < 4.78 is 7.10. The Morgan fingerprint density at radius 2 is 2.32 bits per heavy atom. The largest absolute Gasteiger partial charge is 0.488 e. The lowest BCUT2D eigenvalue weighted by Crippen LogP contribution is -2.18. The molecule has 3 rings (SSSR count). The quantitative estimate of drug-likeness (QED) is 0.899. The molecule has 2 N–H and O–H groups in total. The SMILES string of the molecule is NC1CCCc2c(OCc3cc(Br)cs3)cccc21. The lowest BCUT2D eigenvalue weighted by atomic mass is 9.88. The van der Waals surface area contributed by atoms with Crippen molar-refractivity contribution in [1.29, 1.82) is 0 Å². The summed E-state index contributed by atoms with van der Waals surface area (Å²) in [6.45, 7) is 0.627. The van der Waals surface area contributed by atoms with Crippen LogP contribution in [-0.4, -0.2) is 0 Å². The first-order chi connectivity index (χ1) is 9.24. The second-order valence-corrected chi connectivity index (χ2v) is 6.75. The molecule has 100 valence electrons. The number of hydrogen-bond donors (Lipinski definition) is 1. The van der Waals surface area contributed by atoms with Gasteiger partial charge in [0.1, 0.15) is 12.4 Å². The zero-order chi connectivity index (χ0) is 13.2. The number of halogens is 1. The maximum Gasteiger partial charge on any atom is 0.123 e. The first-order valence-electron chi connectivity index (χ1n) is 6.47. The van der Waals surface area contributed by atoms with Gasteiger partial charge in [-0.1, -0.05) is 12.1 Å². The van der Waals surface area contributed by atoms with E-state index in [0.717, 1.165) is 29.5 Å². The molecule has 0 aliphatic heterocycles. The van der Waals surface area contributed by atoms with E-state index in [1.165, 1.54) is 16.0 Å². The lowest BCUT2D eigenvalue weighted by molar-refractivity contribution is 0.304. The second-order valence-electron chi connectivity index (χ2n) is 4.84. The lowest BCUT2D eigenvalue weighted by Gasteiger charge is -2.24. The maximum absolute atomic E-state index is 6.17. The standard InChI is InChI=1S/C15H16BrNOS/c16-10-7-11(19-9-10)8-18-15-6-2-3-12-13(15)4-1-5-14(12)17/h2-3,6-7,9,14H,1,4-5,8,17H2. The molecule has 1 aliphatic carbocycles. The van der Waals surface area contributed by atoms with Gasteiger partial charge in [0.25, 0.3) is 0 Å². The van der Waals surface area contributed by atoms with Gasteiger partial charge in [-0.2, -0.15) is 0 Å². The molecule has 0 saturated carbocycles. The fourth-order valence-corrected chi connectivity index (χ4v) is 3.93. The van der Waals surface area contributed by atoms with Crippen molar-refractivity contribution in [1.82, 2.24) is 0 Å². The molecule has 19 heavy (non-hydrogen) atoms. The highest BCUT2D eigenvalue weighted by atomic mass is 79.9. The van der Waals surface area contributed by atoms with Crippen molar-refractivity contribution >= 4 is 27.3 Å². The van der Waals surface area contributed by atoms with Crippen LogP contribution in [-0.2, 0) is 13.0 Å². The Bertz CT molecular complexity index is 581. The number of nitrogens with two attached hydrogens (primary N) is 1. The molecule has 1 heterocycles. The Kier molecular flexibility index (Phi) is 3.91. The van der Waals surface area contributed by atoms with E-state index in [9.17, 15) is 0 Å². The Labute approximate surface area is 125 Å². The first kappa shape index (κ1) is 13.2. The maximum atomic E-state index is 6.17. The third-order valence-electron chi connectivity index (χ3n) is 3.50. The highest BCUT2D eigenvalue weighted by molar-refractivity contribution is 9.10. The fraction of sp³-hybridized carbons (Fsp3) is 0.333. The van der Waals surface area contributed by atoms with Crippen LogP contribution in [0.25, 0.3) is 0 Å². The Balaban J connectivity index is 1.79. The predicted molar refractivity (Wildman–Crippen MR) is 82.7 cm³/mol. The van der Waals surface area contributed by atoms with Crippen LogP contribution in [0.4, 0.5) is 0 Å². The second kappa shape index (κ2) is 5.65. The van der Waals surface area contributed by atoms with E-state index in [0.29, 0.717) is 6.61 Å². The van der Waals surface area contributed by atoms with Crippen molar-refractivity contribution in [3.63, 3.8) is 0 Å². The molecule has 0 saturated heterocycles. The molecule has 1 atom stereocenters. The van der Waals surface area contributed by atoms with Crippen molar-refractivity contribution in [3.8, 4) is 5.75 Å². The summed E-state index contributed by atoms with van der Waals surface area (Å²) in [6.07, 6.45) is 3.31. The van der Waals surface area contributed by atoms with Crippen LogP contribution in [0.1, 0.15) is 34.9 Å². The minimum absolute atomic E-state index is 0.170. The molecule has 0 spiro atoms. The van der Waals surface area contributed by atoms with Gasteiger partial charge in [0, 0.05) is 20.8 Å². The number of rotatable bonds is 3. The highest BCUT2D eigenvalue weighted by Crippen LogP contribution is 2.34. The third kappa shape index (κ3) is 2.86. The topological polar surface area (TPSA) is 35.2 Å². The molecule has 0 amide bonds. The molecule has 1 aromatic carbocycles. The van der Waals surface area contributed by atoms with E-state index in [1.54, 1.807) is 11.3 Å². The summed E-state index contributed by atoms with van der Waals surface area (Å²) in [4.78, 5) is 1.23. The van der Waals surface area contributed by atoms with Crippen molar-refractivity contribution < 1.29 is 4.74 Å². The van der Waals surface area contributed by atoms with Crippen molar-refractivity contribution in [2.24, 2.45) is 5.73 Å². The molecule has 0 radical (unpaired) electrons. The van der Waals surface area contributed by atoms with E-state index in [1.807, 2.05) is 6.07 Å². The Morgan fingerprint density at radius 1 is 1.42 bits per heavy atom. The van der Waals surface area contributed by atoms with Crippen molar-refractivity contribution in [3.05, 3.63) is 50.1 Å². The van der Waals surface area contributed by atoms with Gasteiger partial charge in [0.15, 0.2) is 0 Å². The number of thiophene rings is 1. The van der Waals surface area contributed by atoms with E-state index in [2.05, 4.69) is 39.5 Å². The molecule has 1 unspecified atom stereocenters. The molecular weight excluding hydrogens is 322 g/mol. The van der Waals surface area contributed by atoms with Crippen LogP contribution in [0.15, 0.2) is 34.1 Å². The predicted octanol–water partition coefficient (Wildman–Crippen LogP) is 4.43. The first-order valence-corrected chi connectivity index (χ1v) is 8.14. The number of fused-ring (bicyclic) bond motifs is 1. The Morgan fingerprint density at radius 3 is 3.11 bits per heavy atom. The van der Waals surface area contributed by atoms with Gasteiger partial charge in [0.05, 0.1) is 0 Å². The fourth-order valence-electron chi connectivity index (χ4n) is 2.57. The van der Waals surface area contributed by atoms with Gasteiger partial charge < -0.3 is 10.5 Å². The molecule has 2 nitrogen and oxygen atoms in total. The van der Waals surface area contributed by atoms with Crippen molar-refractivity contribution in [2.75, 3.05) is 0 Å². The Hall–Kier alpha value is -0.840. The number of hydrogen-bond acceptors (Lipinski definition) is 3. The van der Waals surface area contributed by atoms with Gasteiger partial charge in [-0.25, -0.2) is 0 Å². The normalized spacial score (nSPS) is 18.1. The molecule has 1 aliphatic rings. The van der Waals surface area contributed by atoms with Gasteiger partial charge >= 0.3 is 0 Å². The molecule has 0 bridgehead atoms. The average Bonchev–Trinajstić information content (AvgIpc) is 2.83. The summed E-state index contributed by atoms with van der Waals surface area (Å²) in [5.74, 6) is 0.997. The third-order valence-corrected chi connectivity index (χ3v) is 5.17. The molecule has 4 heteroatoms. The monoisotopic (exact) mass is 337 g/mol. The summed E-state index contributed by atoms with van der Waals surface area (Å²) in [5, 5.41) is 2.08. The smallest absolute Gasteiger partial charge is 0.123 e. The van der Waals surface area contributed by atoms with Crippen LogP contribution >= 0.6 is 27.3 Å². The van der Waals surface area contributed by atoms with Crippen LogP contribution in [0.2, 0.25) is 0 Å². The van der Waals surface area contributed by atoms with Gasteiger partial charge in [-0.15, -0.1) is 11.3 Å². The summed E-state index contributed by atoms with van der Waals surface area (Å²) in [6, 6.07) is 8.51. The van der Waals surface area contributed by atoms with E-state index < -0.39 is 0 Å². The van der Waals surface area contributed by atoms with Gasteiger partial charge in [-0.3, -0.25) is 0 Å². The van der Waals surface area contributed by atoms with Gasteiger partial charge in [-0.05, 0) is 58.5 Å². The van der Waals surface area contributed by atoms with Crippen LogP contribution < -0.4 is 10.5 Å². The molecular formula is C15H16BrNOS. The summed E-state index contributed by atoms with van der Waals surface area (Å²) in [7, 11) is 0. The van der Waals surface area contributed by atoms with Crippen LogP contribution in [0.5, 0.6) is 5.75 Å². The van der Waals surface area contributed by atoms with E-state index >= 15 is 0 Å². The minimum atomic E-state index is 0.170.